The number of nitrogens with one attached hydrogen (secondary N) is 2. The van der Waals surface area contributed by atoms with Crippen LogP contribution in [0.5, 0.6) is 5.75 Å². The number of carbonyl (C=O) groups excluding carboxylic acids is 3. The van der Waals surface area contributed by atoms with Crippen molar-refractivity contribution in [2.24, 2.45) is 0 Å². The second-order valence-corrected chi connectivity index (χ2v) is 9.69. The lowest BCUT2D eigenvalue weighted by molar-refractivity contribution is -0.142. The first-order chi connectivity index (χ1) is 16.0. The summed E-state index contributed by atoms with van der Waals surface area (Å²) in [5.41, 5.74) is 0.212. The van der Waals surface area contributed by atoms with Gasteiger partial charge in [0.1, 0.15) is 23.4 Å². The quantitative estimate of drug-likeness (QED) is 0.258. The molecule has 3 N–H and O–H groups in total. The van der Waals surface area contributed by atoms with Crippen molar-refractivity contribution in [2.45, 2.75) is 84.9 Å². The van der Waals surface area contributed by atoms with E-state index >= 15 is 0 Å². The maximum absolute atomic E-state index is 13.7. The smallest absolute Gasteiger partial charge is 0.408 e. The molecule has 0 radical (unpaired) electrons. The molecule has 0 fully saturated rings. The Morgan fingerprint density at radius 1 is 1.15 bits per heavy atom. The van der Waals surface area contributed by atoms with E-state index in [0.29, 0.717) is 24.1 Å². The summed E-state index contributed by atoms with van der Waals surface area (Å²) in [6.07, 6.45) is 2.39. The summed E-state index contributed by atoms with van der Waals surface area (Å²) < 4.78 is 5.30. The van der Waals surface area contributed by atoms with E-state index in [1.54, 1.807) is 45.9 Å². The standard InChI is InChI=1S/C25H41N3O5S/c1-7-9-14-26-22(30)20(18-13-11-12-17(3)21(18)29)28(15-10-8-2)23(31)19(16-34)27-24(32)33-25(4,5)6/h11-13,19-20,29,34H,7-10,14-16H2,1-6H3,(H,26,30)(H,27,32). The first-order valence-corrected chi connectivity index (χ1v) is 12.6. The van der Waals surface area contributed by atoms with E-state index in [2.05, 4.69) is 23.3 Å². The summed E-state index contributed by atoms with van der Waals surface area (Å²) in [6, 6.07) is 3.07. The number of hydrogen-bond donors (Lipinski definition) is 4. The number of aryl methyl sites for hydroxylation is 1. The van der Waals surface area contributed by atoms with Crippen LogP contribution >= 0.6 is 12.6 Å². The highest BCUT2D eigenvalue weighted by Gasteiger charge is 2.36. The van der Waals surface area contributed by atoms with Gasteiger partial charge in [-0.3, -0.25) is 9.59 Å². The number of phenolic OH excluding ortho intramolecular Hbond substituents is 1. The maximum Gasteiger partial charge on any atom is 0.408 e. The van der Waals surface area contributed by atoms with Crippen molar-refractivity contribution < 1.29 is 24.2 Å². The van der Waals surface area contributed by atoms with Gasteiger partial charge in [0, 0.05) is 24.4 Å². The van der Waals surface area contributed by atoms with Crippen LogP contribution in [-0.4, -0.2) is 58.4 Å². The zero-order valence-corrected chi connectivity index (χ0v) is 22.2. The monoisotopic (exact) mass is 495 g/mol. The number of nitrogens with zero attached hydrogens (tertiary/aromatic N) is 1. The summed E-state index contributed by atoms with van der Waals surface area (Å²) in [5.74, 6) is -0.861. The number of para-hydroxylation sites is 1. The molecule has 9 heteroatoms. The molecule has 34 heavy (non-hydrogen) atoms. The molecule has 2 unspecified atom stereocenters. The van der Waals surface area contributed by atoms with Gasteiger partial charge in [-0.15, -0.1) is 0 Å². The van der Waals surface area contributed by atoms with Crippen LogP contribution in [0.1, 0.15) is 77.5 Å². The van der Waals surface area contributed by atoms with E-state index in [9.17, 15) is 19.5 Å². The first-order valence-electron chi connectivity index (χ1n) is 11.9. The minimum atomic E-state index is -1.06. The van der Waals surface area contributed by atoms with Crippen LogP contribution in [0.3, 0.4) is 0 Å². The number of benzene rings is 1. The third-order valence-corrected chi connectivity index (χ3v) is 5.53. The average Bonchev–Trinajstić information content (AvgIpc) is 2.75. The van der Waals surface area contributed by atoms with E-state index in [1.807, 2.05) is 13.8 Å². The zero-order valence-electron chi connectivity index (χ0n) is 21.3. The predicted molar refractivity (Wildman–Crippen MR) is 137 cm³/mol. The lowest BCUT2D eigenvalue weighted by Crippen LogP contribution is -2.54. The Hall–Kier alpha value is -2.42. The SMILES string of the molecule is CCCCNC(=O)C(c1cccc(C)c1O)N(CCCC)C(=O)C(CS)NC(=O)OC(C)(C)C. The number of amides is 3. The molecular formula is C25H41N3O5S. The molecule has 0 saturated heterocycles. The molecule has 0 aromatic heterocycles. The van der Waals surface area contributed by atoms with E-state index in [1.165, 1.54) is 4.90 Å². The second kappa shape index (κ2) is 14.1. The topological polar surface area (TPSA) is 108 Å². The molecule has 0 spiro atoms. The van der Waals surface area contributed by atoms with Crippen molar-refractivity contribution in [1.82, 2.24) is 15.5 Å². The van der Waals surface area contributed by atoms with E-state index < -0.39 is 29.7 Å². The average molecular weight is 496 g/mol. The molecular weight excluding hydrogens is 454 g/mol. The third-order valence-electron chi connectivity index (χ3n) is 5.16. The highest BCUT2D eigenvalue weighted by Crippen LogP contribution is 2.32. The molecule has 0 heterocycles. The molecule has 1 aromatic carbocycles. The van der Waals surface area contributed by atoms with Gasteiger partial charge < -0.3 is 25.4 Å². The first kappa shape index (κ1) is 29.6. The summed E-state index contributed by atoms with van der Waals surface area (Å²) >= 11 is 4.27. The lowest BCUT2D eigenvalue weighted by atomic mass is 9.99. The van der Waals surface area contributed by atoms with Gasteiger partial charge >= 0.3 is 6.09 Å². The van der Waals surface area contributed by atoms with Crippen molar-refractivity contribution in [3.63, 3.8) is 0 Å². The maximum atomic E-state index is 13.7. The molecule has 1 rings (SSSR count). The summed E-state index contributed by atoms with van der Waals surface area (Å²) in [7, 11) is 0. The van der Waals surface area contributed by atoms with Crippen LogP contribution in [0.25, 0.3) is 0 Å². The number of thiol groups is 1. The van der Waals surface area contributed by atoms with Crippen LogP contribution in [0, 0.1) is 6.92 Å². The summed E-state index contributed by atoms with van der Waals surface area (Å²) in [4.78, 5) is 40.8. The van der Waals surface area contributed by atoms with Gasteiger partial charge in [-0.05, 0) is 46.1 Å². The molecule has 192 valence electrons. The fraction of sp³-hybridized carbons (Fsp3) is 0.640. The van der Waals surface area contributed by atoms with Gasteiger partial charge in [0.2, 0.25) is 11.8 Å². The van der Waals surface area contributed by atoms with Crippen LogP contribution in [-0.2, 0) is 14.3 Å². The van der Waals surface area contributed by atoms with E-state index in [0.717, 1.165) is 19.3 Å². The second-order valence-electron chi connectivity index (χ2n) is 9.33. The number of phenols is 1. The molecule has 3 amide bonds. The largest absolute Gasteiger partial charge is 0.507 e. The number of aromatic hydroxyl groups is 1. The number of unbranched alkanes of at least 4 members (excludes halogenated alkanes) is 2. The van der Waals surface area contributed by atoms with Crippen molar-refractivity contribution in [1.29, 1.82) is 0 Å². The van der Waals surface area contributed by atoms with Crippen molar-refractivity contribution in [3.8, 4) is 5.75 Å². The van der Waals surface area contributed by atoms with E-state index in [4.69, 9.17) is 4.74 Å². The van der Waals surface area contributed by atoms with Crippen molar-refractivity contribution in [3.05, 3.63) is 29.3 Å². The Morgan fingerprint density at radius 2 is 1.79 bits per heavy atom. The Morgan fingerprint density at radius 3 is 2.35 bits per heavy atom. The van der Waals surface area contributed by atoms with Gasteiger partial charge in [0.05, 0.1) is 0 Å². The van der Waals surface area contributed by atoms with Crippen LogP contribution in [0.15, 0.2) is 18.2 Å². The highest BCUT2D eigenvalue weighted by molar-refractivity contribution is 7.80. The number of hydrogen-bond acceptors (Lipinski definition) is 6. The lowest BCUT2D eigenvalue weighted by Gasteiger charge is -2.34. The van der Waals surface area contributed by atoms with Gasteiger partial charge in [0.25, 0.3) is 0 Å². The molecule has 0 aliphatic heterocycles. The fourth-order valence-corrected chi connectivity index (χ4v) is 3.62. The minimum absolute atomic E-state index is 0.0185. The van der Waals surface area contributed by atoms with Crippen LogP contribution in [0.4, 0.5) is 4.79 Å². The number of rotatable bonds is 12. The molecule has 0 aliphatic carbocycles. The molecule has 0 bridgehead atoms. The van der Waals surface area contributed by atoms with Gasteiger partial charge in [-0.25, -0.2) is 4.79 Å². The Kier molecular flexibility index (Phi) is 12.3. The van der Waals surface area contributed by atoms with Gasteiger partial charge in [-0.1, -0.05) is 44.9 Å². The summed E-state index contributed by atoms with van der Waals surface area (Å²) in [6.45, 7) is 11.7. The molecule has 0 saturated carbocycles. The third kappa shape index (κ3) is 9.08. The van der Waals surface area contributed by atoms with Crippen molar-refractivity contribution in [2.75, 3.05) is 18.8 Å². The zero-order chi connectivity index (χ0) is 25.9. The molecule has 2 atom stereocenters. The number of alkyl carbamates (subject to hydrolysis) is 1. The predicted octanol–water partition coefficient (Wildman–Crippen LogP) is 4.11. The molecule has 8 nitrogen and oxygen atoms in total. The minimum Gasteiger partial charge on any atom is -0.507 e. The van der Waals surface area contributed by atoms with Crippen LogP contribution < -0.4 is 10.6 Å². The fourth-order valence-electron chi connectivity index (χ4n) is 3.37. The van der Waals surface area contributed by atoms with Crippen molar-refractivity contribution >= 4 is 30.5 Å². The Bertz CT molecular complexity index is 825. The van der Waals surface area contributed by atoms with Gasteiger partial charge in [0.15, 0.2) is 0 Å². The number of ether oxygens (including phenoxy) is 1. The molecule has 1 aromatic rings. The normalized spacial score (nSPS) is 13.0. The Labute approximate surface area is 209 Å². The summed E-state index contributed by atoms with van der Waals surface area (Å²) in [5, 5.41) is 16.3. The van der Waals surface area contributed by atoms with Crippen LogP contribution in [0.2, 0.25) is 0 Å². The highest BCUT2D eigenvalue weighted by atomic mass is 32.1. The molecule has 0 aliphatic rings. The van der Waals surface area contributed by atoms with Gasteiger partial charge in [-0.2, -0.15) is 12.6 Å². The Balaban J connectivity index is 3.40. The number of carbonyl (C=O) groups is 3. The van der Waals surface area contributed by atoms with E-state index in [-0.39, 0.29) is 24.0 Å².